The van der Waals surface area contributed by atoms with Crippen LogP contribution < -0.4 is 4.74 Å². The number of aromatic nitrogens is 1. The molecular formula is C28H41NO2. The highest BCUT2D eigenvalue weighted by atomic mass is 16.5. The van der Waals surface area contributed by atoms with Crippen LogP contribution >= 0.6 is 0 Å². The highest BCUT2D eigenvalue weighted by molar-refractivity contribution is 5.25. The van der Waals surface area contributed by atoms with Gasteiger partial charge in [0.1, 0.15) is 0 Å². The van der Waals surface area contributed by atoms with Crippen molar-refractivity contribution < 1.29 is 9.84 Å². The Bertz CT molecular complexity index is 849. The standard InChI is InChI=1S/C28H41NO2/c1-18(17-31-26-7-5-6-19(2)29-26)23-10-11-24-22-9-8-20-16-21(30)12-14-27(20,3)25(22)13-15-28(23,24)4/h5-8,18,21-25,30H,9-17H2,1-4H3/t18-,21+,22+,23-,24+,25+,27+,28-/m1/s1. The Labute approximate surface area is 188 Å². The molecule has 1 aromatic heterocycles. The van der Waals surface area contributed by atoms with E-state index in [1.54, 1.807) is 5.57 Å². The van der Waals surface area contributed by atoms with Crippen LogP contribution in [0, 0.1) is 47.3 Å². The van der Waals surface area contributed by atoms with E-state index < -0.39 is 0 Å². The minimum absolute atomic E-state index is 0.107. The molecule has 0 amide bonds. The maximum absolute atomic E-state index is 10.2. The molecule has 31 heavy (non-hydrogen) atoms. The van der Waals surface area contributed by atoms with Crippen molar-refractivity contribution in [3.05, 3.63) is 35.5 Å². The Balaban J connectivity index is 1.31. The van der Waals surface area contributed by atoms with E-state index >= 15 is 0 Å². The molecule has 0 radical (unpaired) electrons. The van der Waals surface area contributed by atoms with Gasteiger partial charge in [0.15, 0.2) is 0 Å². The fourth-order valence-corrected chi connectivity index (χ4v) is 8.55. The van der Waals surface area contributed by atoms with Crippen LogP contribution in [-0.4, -0.2) is 22.8 Å². The normalized spacial score (nSPS) is 42.7. The molecule has 3 saturated carbocycles. The third-order valence-electron chi connectivity index (χ3n) is 10.2. The number of pyridine rings is 1. The number of aliphatic hydroxyl groups is 1. The summed E-state index contributed by atoms with van der Waals surface area (Å²) in [6, 6.07) is 6.04. The highest BCUT2D eigenvalue weighted by Gasteiger charge is 2.59. The molecule has 3 nitrogen and oxygen atoms in total. The molecule has 3 fully saturated rings. The van der Waals surface area contributed by atoms with Gasteiger partial charge in [0.05, 0.1) is 12.7 Å². The summed E-state index contributed by atoms with van der Waals surface area (Å²) < 4.78 is 6.14. The van der Waals surface area contributed by atoms with Crippen molar-refractivity contribution >= 4 is 0 Å². The van der Waals surface area contributed by atoms with Crippen LogP contribution in [-0.2, 0) is 0 Å². The smallest absolute Gasteiger partial charge is 0.213 e. The van der Waals surface area contributed by atoms with E-state index in [4.69, 9.17) is 4.74 Å². The number of aliphatic hydroxyl groups excluding tert-OH is 1. The maximum Gasteiger partial charge on any atom is 0.213 e. The van der Waals surface area contributed by atoms with E-state index in [2.05, 4.69) is 31.8 Å². The molecule has 1 N–H and O–H groups in total. The van der Waals surface area contributed by atoms with Gasteiger partial charge in [-0.05, 0) is 105 Å². The van der Waals surface area contributed by atoms with Crippen LogP contribution in [0.5, 0.6) is 5.88 Å². The molecule has 3 heteroatoms. The van der Waals surface area contributed by atoms with Crippen LogP contribution in [0.15, 0.2) is 29.8 Å². The summed E-state index contributed by atoms with van der Waals surface area (Å²) in [5.41, 5.74) is 3.38. The van der Waals surface area contributed by atoms with Crippen LogP contribution in [0.1, 0.15) is 77.8 Å². The minimum atomic E-state index is -0.107. The molecule has 1 aromatic rings. The van der Waals surface area contributed by atoms with Gasteiger partial charge < -0.3 is 9.84 Å². The van der Waals surface area contributed by atoms with Crippen molar-refractivity contribution in [2.75, 3.05) is 6.61 Å². The number of aryl methyl sites for hydroxylation is 1. The lowest BCUT2D eigenvalue weighted by Crippen LogP contribution is -2.51. The SMILES string of the molecule is Cc1cccc(OC[C@@H](C)[C@H]2CC[C@H]3[C@@H]4CC=C5C[C@@H](O)CC[C@]5(C)[C@H]4CC[C@]23C)n1. The molecule has 1 heterocycles. The van der Waals surface area contributed by atoms with Gasteiger partial charge in [0.25, 0.3) is 0 Å². The summed E-state index contributed by atoms with van der Waals surface area (Å²) >= 11 is 0. The first-order chi connectivity index (χ1) is 14.8. The fourth-order valence-electron chi connectivity index (χ4n) is 8.55. The molecule has 8 atom stereocenters. The van der Waals surface area contributed by atoms with Gasteiger partial charge in [0.2, 0.25) is 5.88 Å². The molecule has 5 rings (SSSR count). The second-order valence-corrected chi connectivity index (χ2v) is 11.8. The van der Waals surface area contributed by atoms with Crippen molar-refractivity contribution in [2.24, 2.45) is 40.4 Å². The molecule has 0 bridgehead atoms. The summed E-state index contributed by atoms with van der Waals surface area (Å²) in [5.74, 6) is 4.57. The molecule has 0 aromatic carbocycles. The van der Waals surface area contributed by atoms with E-state index in [0.29, 0.717) is 16.7 Å². The lowest BCUT2D eigenvalue weighted by Gasteiger charge is -2.58. The molecular weight excluding hydrogens is 382 g/mol. The lowest BCUT2D eigenvalue weighted by molar-refractivity contribution is -0.0592. The van der Waals surface area contributed by atoms with Crippen LogP contribution in [0.25, 0.3) is 0 Å². The quantitative estimate of drug-likeness (QED) is 0.574. The summed E-state index contributed by atoms with van der Waals surface area (Å²) in [5, 5.41) is 10.2. The second-order valence-electron chi connectivity index (χ2n) is 11.8. The van der Waals surface area contributed by atoms with Gasteiger partial charge >= 0.3 is 0 Å². The largest absolute Gasteiger partial charge is 0.477 e. The Morgan fingerprint density at radius 2 is 1.97 bits per heavy atom. The average molecular weight is 424 g/mol. The Morgan fingerprint density at radius 3 is 2.77 bits per heavy atom. The number of nitrogens with zero attached hydrogens (tertiary/aromatic N) is 1. The van der Waals surface area contributed by atoms with E-state index in [-0.39, 0.29) is 6.10 Å². The van der Waals surface area contributed by atoms with Gasteiger partial charge in [-0.3, -0.25) is 0 Å². The van der Waals surface area contributed by atoms with Crippen molar-refractivity contribution in [2.45, 2.75) is 85.2 Å². The monoisotopic (exact) mass is 423 g/mol. The third-order valence-corrected chi connectivity index (χ3v) is 10.2. The van der Waals surface area contributed by atoms with E-state index in [1.807, 2.05) is 25.1 Å². The number of fused-ring (bicyclic) bond motifs is 5. The number of hydrogen-bond acceptors (Lipinski definition) is 3. The zero-order valence-electron chi connectivity index (χ0n) is 19.9. The Hall–Kier alpha value is -1.35. The van der Waals surface area contributed by atoms with Gasteiger partial charge in [0, 0.05) is 11.8 Å². The van der Waals surface area contributed by atoms with E-state index in [0.717, 1.165) is 54.7 Å². The second kappa shape index (κ2) is 7.90. The van der Waals surface area contributed by atoms with Crippen LogP contribution in [0.3, 0.4) is 0 Å². The number of ether oxygens (including phenoxy) is 1. The number of rotatable bonds is 4. The first-order valence-corrected chi connectivity index (χ1v) is 12.8. The predicted molar refractivity (Wildman–Crippen MR) is 125 cm³/mol. The lowest BCUT2D eigenvalue weighted by atomic mass is 9.47. The summed E-state index contributed by atoms with van der Waals surface area (Å²) in [6.07, 6.45) is 12.2. The molecule has 170 valence electrons. The molecule has 0 saturated heterocycles. The zero-order valence-corrected chi connectivity index (χ0v) is 19.9. The van der Waals surface area contributed by atoms with E-state index in [9.17, 15) is 5.11 Å². The van der Waals surface area contributed by atoms with Gasteiger partial charge in [-0.25, -0.2) is 4.98 Å². The summed E-state index contributed by atoms with van der Waals surface area (Å²) in [6.45, 7) is 10.3. The molecule has 0 aliphatic heterocycles. The first-order valence-electron chi connectivity index (χ1n) is 12.8. The minimum Gasteiger partial charge on any atom is -0.477 e. The van der Waals surface area contributed by atoms with E-state index in [1.165, 1.54) is 38.5 Å². The summed E-state index contributed by atoms with van der Waals surface area (Å²) in [4.78, 5) is 4.53. The van der Waals surface area contributed by atoms with Crippen molar-refractivity contribution in [3.8, 4) is 5.88 Å². The van der Waals surface area contributed by atoms with Gasteiger partial charge in [-0.2, -0.15) is 0 Å². The third kappa shape index (κ3) is 3.56. The Morgan fingerprint density at radius 1 is 1.13 bits per heavy atom. The molecule has 0 spiro atoms. The van der Waals surface area contributed by atoms with Crippen molar-refractivity contribution in [1.29, 1.82) is 0 Å². The zero-order chi connectivity index (χ0) is 21.8. The van der Waals surface area contributed by atoms with Crippen molar-refractivity contribution in [3.63, 3.8) is 0 Å². The van der Waals surface area contributed by atoms with Gasteiger partial charge in [-0.1, -0.05) is 38.5 Å². The first kappa shape index (κ1) is 21.5. The fraction of sp³-hybridized carbons (Fsp3) is 0.750. The topological polar surface area (TPSA) is 42.4 Å². The average Bonchev–Trinajstić information content (AvgIpc) is 3.10. The maximum atomic E-state index is 10.2. The molecule has 4 aliphatic carbocycles. The molecule has 4 aliphatic rings. The Kier molecular flexibility index (Phi) is 5.48. The van der Waals surface area contributed by atoms with Gasteiger partial charge in [-0.15, -0.1) is 0 Å². The number of hydrogen-bond donors (Lipinski definition) is 1. The highest BCUT2D eigenvalue weighted by Crippen LogP contribution is 2.67. The summed E-state index contributed by atoms with van der Waals surface area (Å²) in [7, 11) is 0. The number of allylic oxidation sites excluding steroid dienone is 1. The predicted octanol–water partition coefficient (Wildman–Crippen LogP) is 6.34. The molecule has 0 unspecified atom stereocenters. The van der Waals surface area contributed by atoms with Crippen molar-refractivity contribution in [1.82, 2.24) is 4.98 Å². The van der Waals surface area contributed by atoms with Crippen LogP contribution in [0.2, 0.25) is 0 Å². The van der Waals surface area contributed by atoms with Crippen LogP contribution in [0.4, 0.5) is 0 Å².